The molecule has 142 valence electrons. The lowest BCUT2D eigenvalue weighted by Gasteiger charge is -2.07. The molecule has 0 saturated carbocycles. The zero-order valence-corrected chi connectivity index (χ0v) is 14.8. The summed E-state index contributed by atoms with van der Waals surface area (Å²) in [5.74, 6) is -2.49. The Morgan fingerprint density at radius 2 is 1.54 bits per heavy atom. The van der Waals surface area contributed by atoms with Gasteiger partial charge in [0.15, 0.2) is 5.69 Å². The van der Waals surface area contributed by atoms with Crippen molar-refractivity contribution in [2.45, 2.75) is 6.92 Å². The van der Waals surface area contributed by atoms with E-state index >= 15 is 0 Å². The van der Waals surface area contributed by atoms with Crippen LogP contribution in [0.15, 0.2) is 48.5 Å². The molecule has 0 aliphatic carbocycles. The highest BCUT2D eigenvalue weighted by Gasteiger charge is 2.16. The highest BCUT2D eigenvalue weighted by molar-refractivity contribution is 6.05. The molecular formula is C19H16FN5O3. The molecule has 3 amide bonds. The Balaban J connectivity index is 1.90. The van der Waals surface area contributed by atoms with E-state index in [9.17, 15) is 18.8 Å². The fourth-order valence-corrected chi connectivity index (χ4v) is 2.61. The average Bonchev–Trinajstić information content (AvgIpc) is 3.04. The van der Waals surface area contributed by atoms with Crippen molar-refractivity contribution >= 4 is 23.4 Å². The number of aryl methyl sites for hydroxylation is 1. The number of hydrogen-bond donors (Lipinski definition) is 3. The second kappa shape index (κ2) is 7.31. The Morgan fingerprint density at radius 1 is 0.964 bits per heavy atom. The maximum absolute atomic E-state index is 13.1. The number of amides is 3. The lowest BCUT2D eigenvalue weighted by atomic mass is 10.1. The van der Waals surface area contributed by atoms with Crippen LogP contribution in [0.1, 0.15) is 36.9 Å². The molecule has 0 aliphatic rings. The summed E-state index contributed by atoms with van der Waals surface area (Å²) in [4.78, 5) is 35.4. The van der Waals surface area contributed by atoms with Crippen LogP contribution in [0.4, 0.5) is 10.1 Å². The number of rotatable bonds is 5. The fraction of sp³-hybridized carbons (Fsp3) is 0.0526. The van der Waals surface area contributed by atoms with Crippen molar-refractivity contribution in [1.82, 2.24) is 9.78 Å². The molecule has 2 aromatic carbocycles. The molecule has 9 heteroatoms. The van der Waals surface area contributed by atoms with Crippen LogP contribution in [0.3, 0.4) is 0 Å². The van der Waals surface area contributed by atoms with Gasteiger partial charge < -0.3 is 16.8 Å². The molecule has 0 spiro atoms. The first kappa shape index (κ1) is 18.8. The first-order chi connectivity index (χ1) is 13.2. The Kier molecular flexibility index (Phi) is 4.90. The van der Waals surface area contributed by atoms with Gasteiger partial charge in [0.1, 0.15) is 5.82 Å². The van der Waals surface area contributed by atoms with Gasteiger partial charge in [0.05, 0.1) is 5.69 Å². The maximum atomic E-state index is 13.1. The molecule has 8 nitrogen and oxygen atoms in total. The van der Waals surface area contributed by atoms with Gasteiger partial charge in [-0.15, -0.1) is 0 Å². The van der Waals surface area contributed by atoms with Crippen molar-refractivity contribution < 1.29 is 18.8 Å². The van der Waals surface area contributed by atoms with Crippen molar-refractivity contribution in [1.29, 1.82) is 0 Å². The van der Waals surface area contributed by atoms with Crippen molar-refractivity contribution in [3.05, 3.63) is 76.9 Å². The van der Waals surface area contributed by atoms with Gasteiger partial charge >= 0.3 is 0 Å². The van der Waals surface area contributed by atoms with E-state index in [1.807, 2.05) is 0 Å². The number of primary amides is 2. The van der Waals surface area contributed by atoms with Crippen LogP contribution >= 0.6 is 0 Å². The molecule has 3 rings (SSSR count). The van der Waals surface area contributed by atoms with E-state index in [-0.39, 0.29) is 28.3 Å². The van der Waals surface area contributed by atoms with Crippen LogP contribution in [0.2, 0.25) is 0 Å². The Hall–Kier alpha value is -4.01. The number of nitrogens with one attached hydrogen (secondary N) is 1. The number of nitrogens with two attached hydrogens (primary N) is 2. The third-order valence-electron chi connectivity index (χ3n) is 3.95. The van der Waals surface area contributed by atoms with E-state index in [4.69, 9.17) is 11.5 Å². The summed E-state index contributed by atoms with van der Waals surface area (Å²) in [7, 11) is 0. The third kappa shape index (κ3) is 3.88. The lowest BCUT2D eigenvalue weighted by Crippen LogP contribution is -2.18. The lowest BCUT2D eigenvalue weighted by molar-refractivity contribution is 0.0993. The second-order valence-corrected chi connectivity index (χ2v) is 6.04. The van der Waals surface area contributed by atoms with Crippen LogP contribution in [0.5, 0.6) is 0 Å². The van der Waals surface area contributed by atoms with Gasteiger partial charge in [0.25, 0.3) is 5.91 Å². The zero-order valence-electron chi connectivity index (χ0n) is 14.8. The van der Waals surface area contributed by atoms with Crippen LogP contribution in [-0.4, -0.2) is 27.5 Å². The SMILES string of the molecule is Cc1cc(C(=O)Nc2cc(C(N)=O)cc(C(N)=O)c2)nn1-c1ccc(F)cc1. The zero-order chi connectivity index (χ0) is 20.4. The minimum atomic E-state index is -0.768. The molecule has 0 atom stereocenters. The molecule has 0 saturated heterocycles. The molecule has 3 aromatic rings. The van der Waals surface area contributed by atoms with Crippen LogP contribution in [0.25, 0.3) is 5.69 Å². The van der Waals surface area contributed by atoms with E-state index < -0.39 is 17.7 Å². The third-order valence-corrected chi connectivity index (χ3v) is 3.95. The molecule has 0 radical (unpaired) electrons. The number of carbonyl (C=O) groups is 3. The number of benzene rings is 2. The summed E-state index contributed by atoms with van der Waals surface area (Å²) in [5.41, 5.74) is 12.0. The van der Waals surface area contributed by atoms with Gasteiger partial charge in [-0.3, -0.25) is 14.4 Å². The Morgan fingerprint density at radius 3 is 2.07 bits per heavy atom. The summed E-state index contributed by atoms with van der Waals surface area (Å²) in [6.45, 7) is 1.74. The number of hydrogen-bond acceptors (Lipinski definition) is 4. The minimum absolute atomic E-state index is 0.0274. The molecule has 1 aromatic heterocycles. The number of carbonyl (C=O) groups excluding carboxylic acids is 3. The van der Waals surface area contributed by atoms with Crippen molar-refractivity contribution in [3.63, 3.8) is 0 Å². The summed E-state index contributed by atoms with van der Waals surface area (Å²) in [6, 6.07) is 11.1. The quantitative estimate of drug-likeness (QED) is 0.621. The monoisotopic (exact) mass is 381 g/mol. The van der Waals surface area contributed by atoms with E-state index in [1.165, 1.54) is 47.1 Å². The topological polar surface area (TPSA) is 133 Å². The first-order valence-electron chi connectivity index (χ1n) is 8.13. The van der Waals surface area contributed by atoms with Crippen LogP contribution < -0.4 is 16.8 Å². The van der Waals surface area contributed by atoms with Crippen molar-refractivity contribution in [3.8, 4) is 5.69 Å². The van der Waals surface area contributed by atoms with Gasteiger partial charge in [-0.05, 0) is 55.5 Å². The molecule has 28 heavy (non-hydrogen) atoms. The highest BCUT2D eigenvalue weighted by Crippen LogP contribution is 2.17. The van der Waals surface area contributed by atoms with E-state index in [0.717, 1.165) is 0 Å². The normalized spacial score (nSPS) is 10.5. The standard InChI is InChI=1S/C19H16FN5O3/c1-10-6-16(24-25(10)15-4-2-13(20)3-5-15)19(28)23-14-8-11(17(21)26)7-12(9-14)18(22)27/h2-9H,1H3,(H2,21,26)(H2,22,27)(H,23,28). The van der Waals surface area contributed by atoms with E-state index in [2.05, 4.69) is 10.4 Å². The van der Waals surface area contributed by atoms with Gasteiger partial charge in [-0.25, -0.2) is 9.07 Å². The van der Waals surface area contributed by atoms with Gasteiger partial charge in [-0.1, -0.05) is 0 Å². The van der Waals surface area contributed by atoms with Crippen LogP contribution in [-0.2, 0) is 0 Å². The average molecular weight is 381 g/mol. The summed E-state index contributed by atoms with van der Waals surface area (Å²) < 4.78 is 14.6. The van der Waals surface area contributed by atoms with E-state index in [1.54, 1.807) is 13.0 Å². The van der Waals surface area contributed by atoms with Crippen molar-refractivity contribution in [2.24, 2.45) is 11.5 Å². The summed E-state index contributed by atoms with van der Waals surface area (Å²) in [6.07, 6.45) is 0. The van der Waals surface area contributed by atoms with E-state index in [0.29, 0.717) is 11.4 Å². The van der Waals surface area contributed by atoms with Gasteiger partial charge in [-0.2, -0.15) is 5.10 Å². The van der Waals surface area contributed by atoms with Gasteiger partial charge in [0.2, 0.25) is 11.8 Å². The Bertz CT molecular complexity index is 1060. The maximum Gasteiger partial charge on any atom is 0.276 e. The molecule has 0 fully saturated rings. The molecule has 0 unspecified atom stereocenters. The largest absolute Gasteiger partial charge is 0.366 e. The summed E-state index contributed by atoms with van der Waals surface area (Å²) in [5, 5.41) is 6.78. The predicted octanol–water partition coefficient (Wildman–Crippen LogP) is 1.77. The molecule has 0 bridgehead atoms. The number of nitrogens with zero attached hydrogens (tertiary/aromatic N) is 2. The highest BCUT2D eigenvalue weighted by atomic mass is 19.1. The number of halogens is 1. The van der Waals surface area contributed by atoms with Crippen LogP contribution in [0, 0.1) is 12.7 Å². The number of aromatic nitrogens is 2. The minimum Gasteiger partial charge on any atom is -0.366 e. The van der Waals surface area contributed by atoms with Gasteiger partial charge in [0, 0.05) is 22.5 Å². The number of anilines is 1. The smallest absolute Gasteiger partial charge is 0.276 e. The molecule has 5 N–H and O–H groups in total. The first-order valence-corrected chi connectivity index (χ1v) is 8.13. The molecule has 0 aliphatic heterocycles. The Labute approximate surface area is 158 Å². The predicted molar refractivity (Wildman–Crippen MR) is 99.7 cm³/mol. The summed E-state index contributed by atoms with van der Waals surface area (Å²) >= 11 is 0. The molecular weight excluding hydrogens is 365 g/mol. The fourth-order valence-electron chi connectivity index (χ4n) is 2.61. The molecule has 1 heterocycles. The second-order valence-electron chi connectivity index (χ2n) is 6.04. The van der Waals surface area contributed by atoms with Crippen molar-refractivity contribution in [2.75, 3.05) is 5.32 Å².